The van der Waals surface area contributed by atoms with Crippen molar-refractivity contribution in [3.63, 3.8) is 0 Å². The van der Waals surface area contributed by atoms with Gasteiger partial charge in [0.2, 0.25) is 0 Å². The van der Waals surface area contributed by atoms with E-state index >= 15 is 0 Å². The number of phenolic OH excluding ortho intramolecular Hbond substituents is 1. The first-order chi connectivity index (χ1) is 16.9. The number of carbonyl (C=O) groups excluding carboxylic acids is 1. The van der Waals surface area contributed by atoms with Gasteiger partial charge in [0.05, 0.1) is 28.8 Å². The maximum atomic E-state index is 12.4. The molecule has 3 rings (SSSR count). The van der Waals surface area contributed by atoms with E-state index in [1.54, 1.807) is 54.9 Å². The molecule has 0 saturated carbocycles. The number of aromatic hydroxyl groups is 1. The second-order valence-corrected chi connectivity index (χ2v) is 7.93. The van der Waals surface area contributed by atoms with E-state index in [-0.39, 0.29) is 11.7 Å². The lowest BCUT2D eigenvalue weighted by atomic mass is 10.1. The number of aliphatic carboxylic acids is 1. The zero-order valence-corrected chi connectivity index (χ0v) is 19.9. The minimum Gasteiger partial charge on any atom is -0.508 e. The topological polar surface area (TPSA) is 128 Å². The van der Waals surface area contributed by atoms with E-state index in [1.807, 2.05) is 19.0 Å². The summed E-state index contributed by atoms with van der Waals surface area (Å²) in [6, 6.07) is 11.7. The fourth-order valence-electron chi connectivity index (χ4n) is 2.59. The highest BCUT2D eigenvalue weighted by atomic mass is 35.5. The third-order valence-corrected chi connectivity index (χ3v) is 4.71. The molecule has 4 N–H and O–H groups in total. The molecule has 3 aromatic rings. The van der Waals surface area contributed by atoms with E-state index in [1.165, 1.54) is 0 Å². The van der Waals surface area contributed by atoms with Crippen LogP contribution in [-0.2, 0) is 4.79 Å². The standard InChI is InChI=1S/C21H22ClN5O2.C2HF3O2/c1-27(2)10-9-24-21(29)15-5-8-17(22)18(11-15)25-20-13-23-12-19(26-20)14-3-6-16(28)7-4-14;3-2(4,5)1(6)7/h3-8,11-13,28H,9-10H2,1-2H3,(H,24,29)(H,25,26);(H,6,7). The van der Waals surface area contributed by atoms with Crippen molar-refractivity contribution in [3.8, 4) is 17.0 Å². The average Bonchev–Trinajstić information content (AvgIpc) is 2.80. The normalized spacial score (nSPS) is 10.9. The van der Waals surface area contributed by atoms with Crippen LogP contribution in [0.25, 0.3) is 11.3 Å². The third kappa shape index (κ3) is 9.04. The van der Waals surface area contributed by atoms with Gasteiger partial charge >= 0.3 is 12.1 Å². The van der Waals surface area contributed by atoms with Gasteiger partial charge in [-0.3, -0.25) is 9.78 Å². The molecule has 0 aliphatic carbocycles. The summed E-state index contributed by atoms with van der Waals surface area (Å²) in [5.41, 5.74) is 2.52. The van der Waals surface area contributed by atoms with Crippen LogP contribution in [0.4, 0.5) is 24.7 Å². The highest BCUT2D eigenvalue weighted by Crippen LogP contribution is 2.27. The molecule has 1 amide bonds. The smallest absolute Gasteiger partial charge is 0.490 e. The molecule has 192 valence electrons. The number of anilines is 2. The fourth-order valence-corrected chi connectivity index (χ4v) is 2.76. The Hall–Kier alpha value is -3.90. The Morgan fingerprint density at radius 3 is 2.31 bits per heavy atom. The number of nitrogens with one attached hydrogen (secondary N) is 2. The molecule has 1 heterocycles. The second-order valence-electron chi connectivity index (χ2n) is 7.52. The number of nitrogens with zero attached hydrogens (tertiary/aromatic N) is 3. The van der Waals surface area contributed by atoms with Crippen LogP contribution in [0.5, 0.6) is 5.75 Å². The molecule has 13 heteroatoms. The minimum absolute atomic E-state index is 0.171. The molecule has 0 aliphatic rings. The monoisotopic (exact) mass is 525 g/mol. The largest absolute Gasteiger partial charge is 0.508 e. The Morgan fingerprint density at radius 2 is 1.72 bits per heavy atom. The molecule has 1 aromatic heterocycles. The van der Waals surface area contributed by atoms with Gasteiger partial charge in [0.25, 0.3) is 5.91 Å². The number of benzene rings is 2. The zero-order chi connectivity index (χ0) is 26.9. The molecule has 0 radical (unpaired) electrons. The molecule has 0 bridgehead atoms. The number of phenols is 1. The third-order valence-electron chi connectivity index (χ3n) is 4.38. The summed E-state index contributed by atoms with van der Waals surface area (Å²) in [6.07, 6.45) is -1.88. The van der Waals surface area contributed by atoms with E-state index in [0.717, 1.165) is 12.1 Å². The van der Waals surface area contributed by atoms with Crippen LogP contribution < -0.4 is 10.6 Å². The van der Waals surface area contributed by atoms with Crippen LogP contribution in [0, 0.1) is 0 Å². The Kier molecular flexibility index (Phi) is 10.00. The Balaban J connectivity index is 0.000000572. The lowest BCUT2D eigenvalue weighted by molar-refractivity contribution is -0.192. The van der Waals surface area contributed by atoms with E-state index in [4.69, 9.17) is 21.5 Å². The number of carboxylic acid groups (broad SMARTS) is 1. The van der Waals surface area contributed by atoms with E-state index in [2.05, 4.69) is 20.6 Å². The van der Waals surface area contributed by atoms with Crippen LogP contribution >= 0.6 is 11.6 Å². The number of hydrogen-bond donors (Lipinski definition) is 4. The second kappa shape index (κ2) is 12.7. The minimum atomic E-state index is -5.08. The summed E-state index contributed by atoms with van der Waals surface area (Å²) < 4.78 is 31.7. The van der Waals surface area contributed by atoms with Crippen molar-refractivity contribution in [2.45, 2.75) is 6.18 Å². The lowest BCUT2D eigenvalue weighted by Gasteiger charge is -2.12. The van der Waals surface area contributed by atoms with Crippen molar-refractivity contribution in [1.82, 2.24) is 20.2 Å². The summed E-state index contributed by atoms with van der Waals surface area (Å²) in [5, 5.41) is 23.0. The number of hydrogen-bond acceptors (Lipinski definition) is 7. The van der Waals surface area contributed by atoms with Gasteiger partial charge in [0.1, 0.15) is 11.6 Å². The number of likely N-dealkylation sites (N-methyl/N-ethyl adjacent to an activating group) is 1. The van der Waals surface area contributed by atoms with E-state index in [9.17, 15) is 23.1 Å². The van der Waals surface area contributed by atoms with Crippen molar-refractivity contribution in [2.75, 3.05) is 32.5 Å². The Bertz CT molecular complexity index is 1190. The Morgan fingerprint density at radius 1 is 1.08 bits per heavy atom. The average molecular weight is 526 g/mol. The first-order valence-electron chi connectivity index (χ1n) is 10.3. The number of carboxylic acids is 1. The molecule has 0 atom stereocenters. The van der Waals surface area contributed by atoms with Crippen molar-refractivity contribution >= 4 is 35.0 Å². The van der Waals surface area contributed by atoms with Crippen LogP contribution in [0.2, 0.25) is 5.02 Å². The number of rotatable bonds is 7. The highest BCUT2D eigenvalue weighted by Gasteiger charge is 2.38. The van der Waals surface area contributed by atoms with Crippen LogP contribution in [-0.4, -0.2) is 70.3 Å². The summed E-state index contributed by atoms with van der Waals surface area (Å²) in [5.74, 6) is -2.26. The SMILES string of the molecule is CN(C)CCNC(=O)c1ccc(Cl)c(Nc2cncc(-c3ccc(O)cc3)n2)c1.O=C(O)C(F)(F)F. The van der Waals surface area contributed by atoms with E-state index < -0.39 is 12.1 Å². The molecule has 2 aromatic carbocycles. The molecule has 9 nitrogen and oxygen atoms in total. The lowest BCUT2D eigenvalue weighted by Crippen LogP contribution is -2.31. The molecular weight excluding hydrogens is 503 g/mol. The van der Waals surface area contributed by atoms with Crippen molar-refractivity contribution < 1.29 is 33.0 Å². The van der Waals surface area contributed by atoms with Crippen LogP contribution in [0.3, 0.4) is 0 Å². The summed E-state index contributed by atoms with van der Waals surface area (Å²) in [4.78, 5) is 32.0. The first-order valence-corrected chi connectivity index (χ1v) is 10.7. The van der Waals surface area contributed by atoms with Crippen molar-refractivity contribution in [3.05, 3.63) is 65.4 Å². The van der Waals surface area contributed by atoms with Gasteiger partial charge in [0.15, 0.2) is 0 Å². The fraction of sp³-hybridized carbons (Fsp3) is 0.217. The molecule has 36 heavy (non-hydrogen) atoms. The predicted molar refractivity (Wildman–Crippen MR) is 128 cm³/mol. The van der Waals surface area contributed by atoms with Gasteiger partial charge in [0, 0.05) is 24.2 Å². The van der Waals surface area contributed by atoms with Gasteiger partial charge in [-0.05, 0) is 56.6 Å². The van der Waals surface area contributed by atoms with Crippen molar-refractivity contribution in [1.29, 1.82) is 0 Å². The van der Waals surface area contributed by atoms with Gasteiger partial charge in [-0.15, -0.1) is 0 Å². The van der Waals surface area contributed by atoms with Crippen LogP contribution in [0.1, 0.15) is 10.4 Å². The number of carbonyl (C=O) groups is 2. The van der Waals surface area contributed by atoms with Crippen LogP contribution in [0.15, 0.2) is 54.9 Å². The first kappa shape index (κ1) is 28.3. The van der Waals surface area contributed by atoms with Gasteiger partial charge < -0.3 is 25.7 Å². The summed E-state index contributed by atoms with van der Waals surface area (Å²) in [7, 11) is 3.90. The Labute approximate surface area is 209 Å². The van der Waals surface area contributed by atoms with E-state index in [0.29, 0.717) is 34.3 Å². The molecular formula is C23H23ClF3N5O4. The highest BCUT2D eigenvalue weighted by molar-refractivity contribution is 6.33. The maximum absolute atomic E-state index is 12.4. The number of aromatic nitrogens is 2. The number of amides is 1. The molecule has 0 saturated heterocycles. The quantitative estimate of drug-likeness (QED) is 0.362. The zero-order valence-electron chi connectivity index (χ0n) is 19.2. The number of halogens is 4. The molecule has 0 unspecified atom stereocenters. The maximum Gasteiger partial charge on any atom is 0.490 e. The van der Waals surface area contributed by atoms with Gasteiger partial charge in [-0.25, -0.2) is 9.78 Å². The predicted octanol–water partition coefficient (Wildman–Crippen LogP) is 4.17. The van der Waals surface area contributed by atoms with Crippen molar-refractivity contribution in [2.24, 2.45) is 0 Å². The van der Waals surface area contributed by atoms with Gasteiger partial charge in [-0.1, -0.05) is 11.6 Å². The summed E-state index contributed by atoms with van der Waals surface area (Å²) in [6.45, 7) is 1.31. The van der Waals surface area contributed by atoms with Gasteiger partial charge in [-0.2, -0.15) is 13.2 Å². The molecule has 0 fully saturated rings. The summed E-state index contributed by atoms with van der Waals surface area (Å²) >= 11 is 6.29. The molecule has 0 aliphatic heterocycles. The molecule has 0 spiro atoms. The number of alkyl halides is 3.